The molecule has 19 heavy (non-hydrogen) atoms. The monoisotopic (exact) mass is 257 g/mol. The summed E-state index contributed by atoms with van der Waals surface area (Å²) in [5, 5.41) is 7.62. The number of hydrogen-bond acceptors (Lipinski definition) is 4. The second-order valence-electron chi connectivity index (χ2n) is 4.66. The summed E-state index contributed by atoms with van der Waals surface area (Å²) < 4.78 is 6.88. The molecule has 2 heterocycles. The first-order chi connectivity index (χ1) is 9.17. The van der Waals surface area contributed by atoms with Gasteiger partial charge in [0.1, 0.15) is 11.6 Å². The van der Waals surface area contributed by atoms with Gasteiger partial charge in [0.05, 0.1) is 24.8 Å². The molecule has 1 aromatic heterocycles. The molecule has 0 spiro atoms. The van der Waals surface area contributed by atoms with E-state index in [2.05, 4.69) is 10.4 Å². The standard InChI is InChI=1S/C14H15N3O2/c1-9-5-6-17(16-9)14-8-13(18)11-4-3-10(19-2)7-12(11)15-14/h3-8,11-12,15H,1-2H3. The van der Waals surface area contributed by atoms with Crippen LogP contribution in [0, 0.1) is 12.8 Å². The van der Waals surface area contributed by atoms with Gasteiger partial charge in [0.25, 0.3) is 0 Å². The Kier molecular flexibility index (Phi) is 2.74. The summed E-state index contributed by atoms with van der Waals surface area (Å²) in [4.78, 5) is 12.1. The first-order valence-corrected chi connectivity index (χ1v) is 6.16. The van der Waals surface area contributed by atoms with E-state index < -0.39 is 0 Å². The molecule has 3 rings (SSSR count). The van der Waals surface area contributed by atoms with E-state index in [0.717, 1.165) is 11.5 Å². The van der Waals surface area contributed by atoms with Gasteiger partial charge in [0.15, 0.2) is 5.78 Å². The molecule has 0 fully saturated rings. The van der Waals surface area contributed by atoms with E-state index in [1.807, 2.05) is 37.4 Å². The highest BCUT2D eigenvalue weighted by molar-refractivity contribution is 5.99. The molecule has 2 aliphatic rings. The van der Waals surface area contributed by atoms with Crippen LogP contribution in [0.2, 0.25) is 0 Å². The van der Waals surface area contributed by atoms with Crippen LogP contribution in [0.1, 0.15) is 5.69 Å². The normalized spacial score (nSPS) is 25.3. The molecule has 5 heteroatoms. The SMILES string of the molecule is COC1=CC2NC(n3ccc(C)n3)=CC(=O)C2C=C1. The molecular formula is C14H15N3O2. The first-order valence-electron chi connectivity index (χ1n) is 6.16. The molecule has 0 aromatic carbocycles. The summed E-state index contributed by atoms with van der Waals surface area (Å²) in [5.41, 5.74) is 0.911. The molecule has 0 saturated heterocycles. The average Bonchev–Trinajstić information content (AvgIpc) is 2.84. The van der Waals surface area contributed by atoms with Gasteiger partial charge in [0, 0.05) is 12.3 Å². The molecule has 0 saturated carbocycles. The third-order valence-corrected chi connectivity index (χ3v) is 3.33. The zero-order valence-electron chi connectivity index (χ0n) is 10.8. The number of aryl methyl sites for hydroxylation is 1. The van der Waals surface area contributed by atoms with Crippen LogP contribution in [-0.2, 0) is 9.53 Å². The number of hydrogen-bond donors (Lipinski definition) is 1. The lowest BCUT2D eigenvalue weighted by Crippen LogP contribution is -2.43. The lowest BCUT2D eigenvalue weighted by molar-refractivity contribution is -0.117. The van der Waals surface area contributed by atoms with Crippen LogP contribution in [0.5, 0.6) is 0 Å². The van der Waals surface area contributed by atoms with Gasteiger partial charge in [-0.3, -0.25) is 4.79 Å². The number of nitrogens with zero attached hydrogens (tertiary/aromatic N) is 2. The Morgan fingerprint density at radius 2 is 2.32 bits per heavy atom. The van der Waals surface area contributed by atoms with Crippen LogP contribution in [-0.4, -0.2) is 28.7 Å². The number of methoxy groups -OCH3 is 1. The van der Waals surface area contributed by atoms with Gasteiger partial charge in [-0.25, -0.2) is 4.68 Å². The van der Waals surface area contributed by atoms with Crippen molar-refractivity contribution in [3.63, 3.8) is 0 Å². The van der Waals surface area contributed by atoms with Crippen molar-refractivity contribution < 1.29 is 9.53 Å². The van der Waals surface area contributed by atoms with Gasteiger partial charge >= 0.3 is 0 Å². The summed E-state index contributed by atoms with van der Waals surface area (Å²) in [7, 11) is 1.62. The zero-order valence-corrected chi connectivity index (χ0v) is 10.8. The van der Waals surface area contributed by atoms with Crippen LogP contribution in [0.3, 0.4) is 0 Å². The number of ketones is 1. The Morgan fingerprint density at radius 1 is 1.47 bits per heavy atom. The molecule has 1 aliphatic heterocycles. The molecule has 0 amide bonds. The minimum Gasteiger partial charge on any atom is -0.497 e. The Hall–Kier alpha value is -2.30. The van der Waals surface area contributed by atoms with Gasteiger partial charge in [-0.1, -0.05) is 6.08 Å². The quantitative estimate of drug-likeness (QED) is 0.866. The molecule has 2 unspecified atom stereocenters. The highest BCUT2D eigenvalue weighted by Gasteiger charge is 2.31. The predicted octanol–water partition coefficient (Wildman–Crippen LogP) is 1.25. The van der Waals surface area contributed by atoms with Gasteiger partial charge < -0.3 is 10.1 Å². The molecule has 5 nitrogen and oxygen atoms in total. The highest BCUT2D eigenvalue weighted by atomic mass is 16.5. The Bertz CT molecular complexity index is 610. The van der Waals surface area contributed by atoms with Crippen LogP contribution in [0.15, 0.2) is 42.3 Å². The average molecular weight is 257 g/mol. The molecule has 1 N–H and O–H groups in total. The fourth-order valence-electron chi connectivity index (χ4n) is 2.32. The summed E-state index contributed by atoms with van der Waals surface area (Å²) >= 11 is 0. The van der Waals surface area contributed by atoms with Crippen molar-refractivity contribution in [1.29, 1.82) is 0 Å². The maximum absolute atomic E-state index is 12.1. The molecule has 98 valence electrons. The molecule has 0 bridgehead atoms. The third kappa shape index (κ3) is 2.07. The molecule has 1 aromatic rings. The van der Waals surface area contributed by atoms with Crippen molar-refractivity contribution in [3.8, 4) is 0 Å². The summed E-state index contributed by atoms with van der Waals surface area (Å²) in [6.45, 7) is 1.91. The van der Waals surface area contributed by atoms with Crippen LogP contribution >= 0.6 is 0 Å². The van der Waals surface area contributed by atoms with E-state index in [1.54, 1.807) is 17.9 Å². The van der Waals surface area contributed by atoms with Crippen molar-refractivity contribution in [2.75, 3.05) is 7.11 Å². The van der Waals surface area contributed by atoms with Crippen molar-refractivity contribution in [2.24, 2.45) is 5.92 Å². The Morgan fingerprint density at radius 3 is 3.00 bits per heavy atom. The van der Waals surface area contributed by atoms with Crippen molar-refractivity contribution in [3.05, 3.63) is 48.0 Å². The van der Waals surface area contributed by atoms with Crippen LogP contribution < -0.4 is 5.32 Å². The number of carbonyl (C=O) groups is 1. The van der Waals surface area contributed by atoms with Gasteiger partial charge in [-0.05, 0) is 25.1 Å². The summed E-state index contributed by atoms with van der Waals surface area (Å²) in [5.74, 6) is 1.37. The van der Waals surface area contributed by atoms with E-state index >= 15 is 0 Å². The van der Waals surface area contributed by atoms with E-state index in [4.69, 9.17) is 4.74 Å². The van der Waals surface area contributed by atoms with Crippen molar-refractivity contribution >= 4 is 11.6 Å². The van der Waals surface area contributed by atoms with Gasteiger partial charge in [0.2, 0.25) is 0 Å². The maximum atomic E-state index is 12.1. The fourth-order valence-corrected chi connectivity index (χ4v) is 2.32. The minimum absolute atomic E-state index is 0.0783. The number of allylic oxidation sites excluding steroid dienone is 2. The molecule has 0 radical (unpaired) electrons. The Labute approximate surface area is 111 Å². The predicted molar refractivity (Wildman–Crippen MR) is 70.9 cm³/mol. The van der Waals surface area contributed by atoms with Crippen LogP contribution in [0.25, 0.3) is 5.82 Å². The zero-order chi connectivity index (χ0) is 13.4. The minimum atomic E-state index is -0.167. The topological polar surface area (TPSA) is 56.1 Å². The van der Waals surface area contributed by atoms with E-state index in [9.17, 15) is 4.79 Å². The first kappa shape index (κ1) is 11.8. The smallest absolute Gasteiger partial charge is 0.168 e. The largest absolute Gasteiger partial charge is 0.497 e. The lowest BCUT2D eigenvalue weighted by Gasteiger charge is -2.30. The fraction of sp³-hybridized carbons (Fsp3) is 0.286. The number of ether oxygens (including phenoxy) is 1. The Balaban J connectivity index is 1.93. The van der Waals surface area contributed by atoms with Gasteiger partial charge in [-0.2, -0.15) is 5.10 Å². The number of aromatic nitrogens is 2. The summed E-state index contributed by atoms with van der Waals surface area (Å²) in [6, 6.07) is 1.81. The second kappa shape index (κ2) is 4.42. The van der Waals surface area contributed by atoms with Crippen molar-refractivity contribution in [1.82, 2.24) is 15.1 Å². The number of carbonyl (C=O) groups excluding carboxylic acids is 1. The molecular weight excluding hydrogens is 242 g/mol. The van der Waals surface area contributed by atoms with E-state index in [1.165, 1.54) is 0 Å². The number of rotatable bonds is 2. The lowest BCUT2D eigenvalue weighted by atomic mass is 9.88. The van der Waals surface area contributed by atoms with E-state index in [0.29, 0.717) is 5.82 Å². The van der Waals surface area contributed by atoms with Crippen molar-refractivity contribution in [2.45, 2.75) is 13.0 Å². The molecule has 1 aliphatic carbocycles. The summed E-state index contributed by atoms with van der Waals surface area (Å²) in [6.07, 6.45) is 9.06. The van der Waals surface area contributed by atoms with Gasteiger partial charge in [-0.15, -0.1) is 0 Å². The third-order valence-electron chi connectivity index (χ3n) is 3.33. The van der Waals surface area contributed by atoms with E-state index in [-0.39, 0.29) is 17.7 Å². The number of nitrogens with one attached hydrogen (secondary N) is 1. The number of fused-ring (bicyclic) bond motifs is 1. The van der Waals surface area contributed by atoms with Crippen LogP contribution in [0.4, 0.5) is 0 Å². The maximum Gasteiger partial charge on any atom is 0.168 e. The molecule has 2 atom stereocenters. The highest BCUT2D eigenvalue weighted by Crippen LogP contribution is 2.24. The second-order valence-corrected chi connectivity index (χ2v) is 4.66.